The van der Waals surface area contributed by atoms with Crippen LogP contribution in [0.3, 0.4) is 0 Å². The monoisotopic (exact) mass is 344 g/mol. The van der Waals surface area contributed by atoms with Gasteiger partial charge in [0.15, 0.2) is 0 Å². The Hall–Kier alpha value is -1.88. The summed E-state index contributed by atoms with van der Waals surface area (Å²) in [5.74, 6) is -0.203. The molecule has 5 heteroatoms. The Labute approximate surface area is 148 Å². The van der Waals surface area contributed by atoms with Crippen LogP contribution in [-0.2, 0) is 12.8 Å². The summed E-state index contributed by atoms with van der Waals surface area (Å²) in [6, 6.07) is 1.79. The lowest BCUT2D eigenvalue weighted by Gasteiger charge is -2.41. The van der Waals surface area contributed by atoms with Crippen LogP contribution in [0.4, 0.5) is 0 Å². The number of fused-ring (bicyclic) bond motifs is 1. The van der Waals surface area contributed by atoms with Crippen LogP contribution in [0, 0.1) is 5.41 Å². The number of pyridine rings is 1. The highest BCUT2D eigenvalue weighted by Gasteiger charge is 2.36. The van der Waals surface area contributed by atoms with Crippen LogP contribution in [0.2, 0.25) is 0 Å². The van der Waals surface area contributed by atoms with Crippen molar-refractivity contribution in [1.29, 1.82) is 0 Å². The minimum absolute atomic E-state index is 0.0567. The number of nitrogens with zero attached hydrogens (tertiary/aromatic N) is 1. The van der Waals surface area contributed by atoms with Crippen molar-refractivity contribution in [2.45, 2.75) is 52.4 Å². The van der Waals surface area contributed by atoms with Gasteiger partial charge in [0.2, 0.25) is 0 Å². The molecule has 1 atom stereocenters. The van der Waals surface area contributed by atoms with Gasteiger partial charge >= 0.3 is 0 Å². The quantitative estimate of drug-likeness (QED) is 0.824. The van der Waals surface area contributed by atoms with Crippen molar-refractivity contribution in [3.8, 4) is 0 Å². The zero-order chi connectivity index (χ0) is 18.0. The van der Waals surface area contributed by atoms with E-state index in [1.54, 1.807) is 11.0 Å². The van der Waals surface area contributed by atoms with Crippen molar-refractivity contribution in [2.75, 3.05) is 19.7 Å². The largest absolute Gasteiger partial charge is 0.396 e. The number of aromatic nitrogens is 1. The van der Waals surface area contributed by atoms with E-state index in [1.165, 1.54) is 5.57 Å². The smallest absolute Gasteiger partial charge is 0.261 e. The molecule has 1 aliphatic carbocycles. The molecule has 0 bridgehead atoms. The Kier molecular flexibility index (Phi) is 5.13. The second-order valence-corrected chi connectivity index (χ2v) is 7.84. The van der Waals surface area contributed by atoms with Crippen molar-refractivity contribution >= 4 is 5.91 Å². The minimum atomic E-state index is -0.297. The van der Waals surface area contributed by atoms with Gasteiger partial charge in [-0.15, -0.1) is 0 Å². The van der Waals surface area contributed by atoms with E-state index in [1.807, 2.05) is 13.8 Å². The molecule has 0 aromatic carbocycles. The number of carbonyl (C=O) groups is 1. The van der Waals surface area contributed by atoms with Crippen LogP contribution >= 0.6 is 0 Å². The van der Waals surface area contributed by atoms with Gasteiger partial charge < -0.3 is 15.0 Å². The van der Waals surface area contributed by atoms with Crippen molar-refractivity contribution < 1.29 is 9.90 Å². The molecule has 2 N–H and O–H groups in total. The SMILES string of the molecule is CC(C)=CC[C@]1(CO)CCCN(C(=O)c2cc3c([nH]c2=O)CCC3)C1. The summed E-state index contributed by atoms with van der Waals surface area (Å²) in [7, 11) is 0. The molecule has 1 saturated heterocycles. The Bertz CT molecular complexity index is 746. The first-order valence-electron chi connectivity index (χ1n) is 9.23. The molecule has 5 nitrogen and oxygen atoms in total. The lowest BCUT2D eigenvalue weighted by molar-refractivity contribution is 0.0283. The number of hydrogen-bond acceptors (Lipinski definition) is 3. The van der Waals surface area contributed by atoms with E-state index in [4.69, 9.17) is 0 Å². The number of aliphatic hydroxyl groups is 1. The highest BCUT2D eigenvalue weighted by Crippen LogP contribution is 2.34. The van der Waals surface area contributed by atoms with Gasteiger partial charge in [0, 0.05) is 24.2 Å². The number of carbonyl (C=O) groups excluding carboxylic acids is 1. The van der Waals surface area contributed by atoms with Crippen LogP contribution < -0.4 is 5.56 Å². The Morgan fingerprint density at radius 1 is 1.36 bits per heavy atom. The molecule has 2 aliphatic rings. The molecule has 2 heterocycles. The molecule has 0 unspecified atom stereocenters. The number of aliphatic hydroxyl groups excluding tert-OH is 1. The Balaban J connectivity index is 1.83. The molecule has 0 spiro atoms. The molecule has 1 aromatic heterocycles. The molecule has 0 saturated carbocycles. The lowest BCUT2D eigenvalue weighted by Crippen LogP contribution is -2.48. The number of aryl methyl sites for hydroxylation is 2. The molecular weight excluding hydrogens is 316 g/mol. The van der Waals surface area contributed by atoms with E-state index in [0.29, 0.717) is 13.1 Å². The molecule has 1 aromatic rings. The van der Waals surface area contributed by atoms with E-state index in [9.17, 15) is 14.7 Å². The number of nitrogens with one attached hydrogen (secondary N) is 1. The fourth-order valence-electron chi connectivity index (χ4n) is 4.00. The third-order valence-corrected chi connectivity index (χ3v) is 5.55. The van der Waals surface area contributed by atoms with Crippen molar-refractivity contribution in [2.24, 2.45) is 5.41 Å². The highest BCUT2D eigenvalue weighted by molar-refractivity contribution is 5.94. The zero-order valence-electron chi connectivity index (χ0n) is 15.2. The Morgan fingerprint density at radius 2 is 2.16 bits per heavy atom. The van der Waals surface area contributed by atoms with Crippen LogP contribution in [0.5, 0.6) is 0 Å². The van der Waals surface area contributed by atoms with E-state index >= 15 is 0 Å². The molecular formula is C20H28N2O3. The second-order valence-electron chi connectivity index (χ2n) is 7.84. The summed E-state index contributed by atoms with van der Waals surface area (Å²) in [4.78, 5) is 30.0. The first kappa shape index (κ1) is 17.9. The molecule has 1 aliphatic heterocycles. The van der Waals surface area contributed by atoms with E-state index in [-0.39, 0.29) is 29.1 Å². The molecule has 136 valence electrons. The normalized spacial score (nSPS) is 22.6. The van der Waals surface area contributed by atoms with E-state index in [0.717, 1.165) is 49.8 Å². The van der Waals surface area contributed by atoms with Gasteiger partial charge in [0.1, 0.15) is 5.56 Å². The molecule has 1 fully saturated rings. The fraction of sp³-hybridized carbons (Fsp3) is 0.600. The maximum Gasteiger partial charge on any atom is 0.261 e. The highest BCUT2D eigenvalue weighted by atomic mass is 16.3. The number of likely N-dealkylation sites (tertiary alicyclic amines) is 1. The van der Waals surface area contributed by atoms with E-state index < -0.39 is 0 Å². The number of amides is 1. The first-order valence-corrected chi connectivity index (χ1v) is 9.23. The molecule has 1 amide bonds. The fourth-order valence-corrected chi connectivity index (χ4v) is 4.00. The van der Waals surface area contributed by atoms with Crippen molar-refractivity contribution in [1.82, 2.24) is 9.88 Å². The summed E-state index contributed by atoms with van der Waals surface area (Å²) in [6.45, 7) is 5.29. The van der Waals surface area contributed by atoms with Gasteiger partial charge in [0.05, 0.1) is 6.61 Å². The van der Waals surface area contributed by atoms with E-state index in [2.05, 4.69) is 11.1 Å². The summed E-state index contributed by atoms with van der Waals surface area (Å²) < 4.78 is 0. The average molecular weight is 344 g/mol. The predicted octanol–water partition coefficient (Wildman–Crippen LogP) is 2.43. The number of piperidine rings is 1. The standard InChI is InChI=1S/C20H28N2O3/c1-14(2)7-9-20(13-23)8-4-10-22(12-20)19(25)16-11-15-5-3-6-17(15)21-18(16)24/h7,11,23H,3-6,8-10,12-13H2,1-2H3,(H,21,24)/t20-/m1/s1. The number of hydrogen-bond donors (Lipinski definition) is 2. The van der Waals surface area contributed by atoms with Crippen LogP contribution in [0.25, 0.3) is 0 Å². The maximum absolute atomic E-state index is 13.0. The Morgan fingerprint density at radius 3 is 2.88 bits per heavy atom. The summed E-state index contributed by atoms with van der Waals surface area (Å²) in [5.41, 5.74) is 2.96. The molecule has 25 heavy (non-hydrogen) atoms. The van der Waals surface area contributed by atoms with Crippen LogP contribution in [0.15, 0.2) is 22.5 Å². The van der Waals surface area contributed by atoms with Gasteiger partial charge in [0.25, 0.3) is 11.5 Å². The number of rotatable bonds is 4. The zero-order valence-corrected chi connectivity index (χ0v) is 15.2. The third kappa shape index (κ3) is 3.71. The minimum Gasteiger partial charge on any atom is -0.396 e. The second kappa shape index (κ2) is 7.16. The lowest BCUT2D eigenvalue weighted by atomic mass is 9.77. The van der Waals surface area contributed by atoms with Gasteiger partial charge in [-0.2, -0.15) is 0 Å². The van der Waals surface area contributed by atoms with Gasteiger partial charge in [-0.1, -0.05) is 11.6 Å². The first-order chi connectivity index (χ1) is 11.9. The number of aromatic amines is 1. The summed E-state index contributed by atoms with van der Waals surface area (Å²) in [6.07, 6.45) is 7.49. The molecule has 0 radical (unpaired) electrons. The predicted molar refractivity (Wildman–Crippen MR) is 97.8 cm³/mol. The topological polar surface area (TPSA) is 73.4 Å². The maximum atomic E-state index is 13.0. The number of H-pyrrole nitrogens is 1. The molecule has 3 rings (SSSR count). The van der Waals surface area contributed by atoms with Gasteiger partial charge in [-0.3, -0.25) is 9.59 Å². The van der Waals surface area contributed by atoms with Crippen LogP contribution in [0.1, 0.15) is 61.1 Å². The van der Waals surface area contributed by atoms with Crippen molar-refractivity contribution in [3.63, 3.8) is 0 Å². The summed E-state index contributed by atoms with van der Waals surface area (Å²) in [5, 5.41) is 9.97. The van der Waals surface area contributed by atoms with Gasteiger partial charge in [-0.25, -0.2) is 0 Å². The van der Waals surface area contributed by atoms with Crippen LogP contribution in [-0.4, -0.2) is 40.6 Å². The van der Waals surface area contributed by atoms with Gasteiger partial charge in [-0.05, 0) is 64.0 Å². The average Bonchev–Trinajstić information content (AvgIpc) is 3.06. The van der Waals surface area contributed by atoms with Crippen molar-refractivity contribution in [3.05, 3.63) is 44.9 Å². The number of allylic oxidation sites excluding steroid dienone is 2. The summed E-state index contributed by atoms with van der Waals surface area (Å²) >= 11 is 0. The third-order valence-electron chi connectivity index (χ3n) is 5.55.